The van der Waals surface area contributed by atoms with Gasteiger partial charge in [-0.15, -0.1) is 0 Å². The van der Waals surface area contributed by atoms with E-state index in [-0.39, 0.29) is 10.8 Å². The Morgan fingerprint density at radius 2 is 2.12 bits per heavy atom. The fraction of sp³-hybridized carbons (Fsp3) is 0.357. The van der Waals surface area contributed by atoms with E-state index < -0.39 is 42.5 Å². The third-order valence-electron chi connectivity index (χ3n) is 3.13. The second-order valence-electron chi connectivity index (χ2n) is 5.50. The van der Waals surface area contributed by atoms with Crippen LogP contribution in [0.4, 0.5) is 10.5 Å². The predicted octanol–water partition coefficient (Wildman–Crippen LogP) is 0.547. The first-order chi connectivity index (χ1) is 11.2. The van der Waals surface area contributed by atoms with E-state index in [0.29, 0.717) is 0 Å². The van der Waals surface area contributed by atoms with Crippen molar-refractivity contribution in [1.29, 1.82) is 0 Å². The molecule has 1 aliphatic rings. The van der Waals surface area contributed by atoms with Crippen LogP contribution < -0.4 is 10.6 Å². The molecule has 0 saturated carbocycles. The van der Waals surface area contributed by atoms with Crippen molar-refractivity contribution in [3.8, 4) is 0 Å². The molecule has 128 valence electrons. The molecular formula is C14H15ClN4O5. The molecule has 10 heteroatoms. The minimum atomic E-state index is -1.08. The van der Waals surface area contributed by atoms with Crippen LogP contribution in [0, 0.1) is 0 Å². The number of carbonyl (C=O) groups is 4. The molecule has 0 radical (unpaired) electrons. The van der Waals surface area contributed by atoms with Crippen LogP contribution in [0.2, 0.25) is 5.15 Å². The number of pyridine rings is 1. The van der Waals surface area contributed by atoms with Gasteiger partial charge in [-0.3, -0.25) is 19.3 Å². The van der Waals surface area contributed by atoms with Crippen molar-refractivity contribution in [2.75, 3.05) is 18.5 Å². The molecule has 0 aliphatic carbocycles. The number of carbonyl (C=O) groups excluding carboxylic acids is 4. The Kier molecular flexibility index (Phi) is 5.03. The van der Waals surface area contributed by atoms with Gasteiger partial charge in [0, 0.05) is 6.20 Å². The second-order valence-corrected chi connectivity index (χ2v) is 5.86. The first-order valence-electron chi connectivity index (χ1n) is 6.91. The molecule has 0 spiro atoms. The monoisotopic (exact) mass is 354 g/mol. The zero-order valence-electron chi connectivity index (χ0n) is 13.0. The van der Waals surface area contributed by atoms with E-state index in [1.165, 1.54) is 26.1 Å². The molecule has 1 aromatic heterocycles. The number of nitrogens with zero attached hydrogens (tertiary/aromatic N) is 2. The maximum Gasteiger partial charge on any atom is 0.326 e. The van der Waals surface area contributed by atoms with Gasteiger partial charge in [0.2, 0.25) is 0 Å². The Balaban J connectivity index is 1.83. The number of halogens is 1. The molecule has 4 amide bonds. The van der Waals surface area contributed by atoms with Gasteiger partial charge in [0.25, 0.3) is 11.8 Å². The van der Waals surface area contributed by atoms with Crippen LogP contribution in [-0.2, 0) is 19.1 Å². The molecule has 24 heavy (non-hydrogen) atoms. The lowest BCUT2D eigenvalue weighted by Gasteiger charge is -2.15. The topological polar surface area (TPSA) is 118 Å². The molecule has 9 nitrogen and oxygen atoms in total. The molecule has 1 aromatic rings. The quantitative estimate of drug-likeness (QED) is 0.453. The summed E-state index contributed by atoms with van der Waals surface area (Å²) in [6.45, 7) is 1.87. The van der Waals surface area contributed by atoms with Crippen LogP contribution in [-0.4, -0.2) is 52.4 Å². The number of imide groups is 1. The van der Waals surface area contributed by atoms with Crippen LogP contribution in [0.5, 0.6) is 0 Å². The van der Waals surface area contributed by atoms with Crippen molar-refractivity contribution in [2.45, 2.75) is 19.4 Å². The van der Waals surface area contributed by atoms with Crippen LogP contribution in [0.3, 0.4) is 0 Å². The Labute approximate surface area is 142 Å². The van der Waals surface area contributed by atoms with E-state index in [2.05, 4.69) is 15.6 Å². The molecule has 0 aromatic carbocycles. The largest absolute Gasteiger partial charge is 0.454 e. The number of hydrogen-bond acceptors (Lipinski definition) is 6. The number of urea groups is 1. The van der Waals surface area contributed by atoms with Gasteiger partial charge < -0.3 is 15.4 Å². The third-order valence-corrected chi connectivity index (χ3v) is 3.43. The molecule has 0 bridgehead atoms. The van der Waals surface area contributed by atoms with E-state index in [4.69, 9.17) is 16.3 Å². The summed E-state index contributed by atoms with van der Waals surface area (Å²) in [5.74, 6) is -2.06. The highest BCUT2D eigenvalue weighted by Crippen LogP contribution is 2.17. The predicted molar refractivity (Wildman–Crippen MR) is 83.2 cm³/mol. The standard InChI is InChI=1S/C14H15ClN4O5/c1-14(2)12(22)19(13(23)18-14)6-10(21)24-7-9(20)17-8-4-3-5-16-11(8)15/h3-5H,6-7H2,1-2H3,(H,17,20)(H,18,23). The van der Waals surface area contributed by atoms with E-state index in [1.807, 2.05) is 0 Å². The number of nitrogens with one attached hydrogen (secondary N) is 2. The third kappa shape index (κ3) is 3.99. The summed E-state index contributed by atoms with van der Waals surface area (Å²) in [6, 6.07) is 2.42. The minimum Gasteiger partial charge on any atom is -0.454 e. The smallest absolute Gasteiger partial charge is 0.326 e. The number of rotatable bonds is 5. The fourth-order valence-corrected chi connectivity index (χ4v) is 2.11. The molecule has 2 N–H and O–H groups in total. The molecule has 1 fully saturated rings. The van der Waals surface area contributed by atoms with Gasteiger partial charge in [0.1, 0.15) is 12.1 Å². The molecule has 0 atom stereocenters. The van der Waals surface area contributed by atoms with Gasteiger partial charge in [-0.1, -0.05) is 11.6 Å². The zero-order chi connectivity index (χ0) is 17.9. The van der Waals surface area contributed by atoms with Crippen molar-refractivity contribution in [3.63, 3.8) is 0 Å². The molecule has 1 saturated heterocycles. The number of aromatic nitrogens is 1. The van der Waals surface area contributed by atoms with Gasteiger partial charge >= 0.3 is 12.0 Å². The zero-order valence-corrected chi connectivity index (χ0v) is 13.7. The maximum absolute atomic E-state index is 11.9. The normalized spacial score (nSPS) is 15.9. The summed E-state index contributed by atoms with van der Waals surface area (Å²) >= 11 is 5.78. The number of anilines is 1. The lowest BCUT2D eigenvalue weighted by atomic mass is 10.1. The Bertz CT molecular complexity index is 706. The lowest BCUT2D eigenvalue weighted by molar-refractivity contribution is -0.150. The van der Waals surface area contributed by atoms with E-state index in [1.54, 1.807) is 6.07 Å². The van der Waals surface area contributed by atoms with Gasteiger partial charge in [-0.05, 0) is 26.0 Å². The fourth-order valence-electron chi connectivity index (χ4n) is 1.95. The molecule has 1 aliphatic heterocycles. The number of esters is 1. The van der Waals surface area contributed by atoms with E-state index in [0.717, 1.165) is 4.90 Å². The first-order valence-corrected chi connectivity index (χ1v) is 7.28. The van der Waals surface area contributed by atoms with Gasteiger partial charge in [0.15, 0.2) is 11.8 Å². The lowest BCUT2D eigenvalue weighted by Crippen LogP contribution is -2.41. The van der Waals surface area contributed by atoms with Gasteiger partial charge in [-0.2, -0.15) is 0 Å². The average Bonchev–Trinajstić information content (AvgIpc) is 2.69. The van der Waals surface area contributed by atoms with Crippen LogP contribution >= 0.6 is 11.6 Å². The van der Waals surface area contributed by atoms with Crippen molar-refractivity contribution in [2.24, 2.45) is 0 Å². The van der Waals surface area contributed by atoms with Gasteiger partial charge in [0.05, 0.1) is 5.69 Å². The minimum absolute atomic E-state index is 0.0961. The summed E-state index contributed by atoms with van der Waals surface area (Å²) < 4.78 is 4.75. The first kappa shape index (κ1) is 17.7. The summed E-state index contributed by atoms with van der Waals surface area (Å²) in [5.41, 5.74) is -0.803. The maximum atomic E-state index is 11.9. The molecule has 2 rings (SSSR count). The van der Waals surface area contributed by atoms with Crippen LogP contribution in [0.25, 0.3) is 0 Å². The summed E-state index contributed by atoms with van der Waals surface area (Å²) in [4.78, 5) is 51.5. The summed E-state index contributed by atoms with van der Waals surface area (Å²) in [5, 5.41) is 4.95. The van der Waals surface area contributed by atoms with Gasteiger partial charge in [-0.25, -0.2) is 9.78 Å². The molecule has 0 unspecified atom stereocenters. The summed E-state index contributed by atoms with van der Waals surface area (Å²) in [7, 11) is 0. The molecular weight excluding hydrogens is 340 g/mol. The number of hydrogen-bond donors (Lipinski definition) is 2. The SMILES string of the molecule is CC1(C)NC(=O)N(CC(=O)OCC(=O)Nc2cccnc2Cl)C1=O. The van der Waals surface area contributed by atoms with E-state index >= 15 is 0 Å². The van der Waals surface area contributed by atoms with E-state index in [9.17, 15) is 19.2 Å². The Morgan fingerprint density at radius 1 is 1.42 bits per heavy atom. The highest BCUT2D eigenvalue weighted by molar-refractivity contribution is 6.32. The van der Waals surface area contributed by atoms with Crippen molar-refractivity contribution in [1.82, 2.24) is 15.2 Å². The Morgan fingerprint density at radius 3 is 2.71 bits per heavy atom. The highest BCUT2D eigenvalue weighted by atomic mass is 35.5. The number of ether oxygens (including phenoxy) is 1. The number of amides is 4. The van der Waals surface area contributed by atoms with Crippen molar-refractivity contribution >= 4 is 41.1 Å². The van der Waals surface area contributed by atoms with Crippen LogP contribution in [0.1, 0.15) is 13.8 Å². The van der Waals surface area contributed by atoms with Crippen molar-refractivity contribution in [3.05, 3.63) is 23.5 Å². The molecule has 2 heterocycles. The highest BCUT2D eigenvalue weighted by Gasteiger charge is 2.45. The van der Waals surface area contributed by atoms with Crippen LogP contribution in [0.15, 0.2) is 18.3 Å². The van der Waals surface area contributed by atoms with Crippen molar-refractivity contribution < 1.29 is 23.9 Å². The second kappa shape index (κ2) is 6.83. The average molecular weight is 355 g/mol. The summed E-state index contributed by atoms with van der Waals surface area (Å²) in [6.07, 6.45) is 1.46. The Hall–Kier alpha value is -2.68.